The summed E-state index contributed by atoms with van der Waals surface area (Å²) in [6, 6.07) is 8.05. The van der Waals surface area contributed by atoms with E-state index in [0.29, 0.717) is 19.1 Å². The first-order chi connectivity index (χ1) is 10.2. The summed E-state index contributed by atoms with van der Waals surface area (Å²) in [4.78, 5) is 26.9. The van der Waals surface area contributed by atoms with Crippen molar-refractivity contribution in [1.29, 1.82) is 0 Å². The van der Waals surface area contributed by atoms with Crippen LogP contribution in [0.5, 0.6) is 0 Å². The van der Waals surface area contributed by atoms with E-state index < -0.39 is 0 Å². The number of nitrogens with zero attached hydrogens (tertiary/aromatic N) is 3. The lowest BCUT2D eigenvalue weighted by atomic mass is 10.3. The number of fused-ring (bicyclic) bond motifs is 1. The van der Waals surface area contributed by atoms with E-state index in [9.17, 15) is 9.59 Å². The molecule has 1 saturated carbocycles. The maximum atomic E-state index is 12.5. The van der Waals surface area contributed by atoms with Gasteiger partial charge in [-0.1, -0.05) is 12.1 Å². The maximum absolute atomic E-state index is 12.5. The number of para-hydroxylation sites is 2. The van der Waals surface area contributed by atoms with Gasteiger partial charge in [-0.3, -0.25) is 13.9 Å². The van der Waals surface area contributed by atoms with E-state index in [2.05, 4.69) is 0 Å². The van der Waals surface area contributed by atoms with Gasteiger partial charge in [0.2, 0.25) is 5.91 Å². The van der Waals surface area contributed by atoms with Crippen LogP contribution in [0, 0.1) is 0 Å². The molecule has 1 aromatic heterocycles. The Labute approximate surface area is 123 Å². The van der Waals surface area contributed by atoms with Crippen molar-refractivity contribution >= 4 is 16.9 Å². The van der Waals surface area contributed by atoms with Crippen LogP contribution in [0.3, 0.4) is 0 Å². The molecule has 0 unspecified atom stereocenters. The van der Waals surface area contributed by atoms with E-state index >= 15 is 0 Å². The molecule has 1 aromatic carbocycles. The molecule has 1 fully saturated rings. The van der Waals surface area contributed by atoms with Gasteiger partial charge in [0.1, 0.15) is 6.54 Å². The number of hydrogen-bond donors (Lipinski definition) is 0. The fourth-order valence-electron chi connectivity index (χ4n) is 2.98. The zero-order valence-corrected chi connectivity index (χ0v) is 12.6. The molecule has 1 aliphatic rings. The van der Waals surface area contributed by atoms with Crippen molar-refractivity contribution in [2.75, 3.05) is 6.54 Å². The van der Waals surface area contributed by atoms with E-state index in [1.165, 1.54) is 0 Å². The second-order valence-corrected chi connectivity index (χ2v) is 5.51. The van der Waals surface area contributed by atoms with E-state index in [1.54, 1.807) is 9.13 Å². The summed E-state index contributed by atoms with van der Waals surface area (Å²) in [5.41, 5.74) is 1.63. The molecule has 21 heavy (non-hydrogen) atoms. The average molecular weight is 287 g/mol. The van der Waals surface area contributed by atoms with Crippen molar-refractivity contribution in [3.8, 4) is 0 Å². The molecule has 3 rings (SSSR count). The molecule has 0 bridgehead atoms. The largest absolute Gasteiger partial charge is 0.338 e. The SMILES string of the molecule is CCN(C(=O)Cn1c(=O)n(CC)c2ccccc21)C1CC1. The predicted molar refractivity (Wildman–Crippen MR) is 82.3 cm³/mol. The Morgan fingerprint density at radius 2 is 1.81 bits per heavy atom. The highest BCUT2D eigenvalue weighted by molar-refractivity contribution is 5.81. The Bertz CT molecular complexity index is 725. The Morgan fingerprint density at radius 1 is 1.19 bits per heavy atom. The monoisotopic (exact) mass is 287 g/mol. The number of benzene rings is 1. The molecule has 2 aromatic rings. The lowest BCUT2D eigenvalue weighted by Gasteiger charge is -2.20. The van der Waals surface area contributed by atoms with Crippen LogP contribution >= 0.6 is 0 Å². The fourth-order valence-corrected chi connectivity index (χ4v) is 2.98. The van der Waals surface area contributed by atoms with Crippen molar-refractivity contribution in [3.63, 3.8) is 0 Å². The van der Waals surface area contributed by atoms with Gasteiger partial charge in [-0.05, 0) is 38.8 Å². The quantitative estimate of drug-likeness (QED) is 0.842. The van der Waals surface area contributed by atoms with Crippen LogP contribution in [0.4, 0.5) is 0 Å². The lowest BCUT2D eigenvalue weighted by molar-refractivity contribution is -0.132. The second-order valence-electron chi connectivity index (χ2n) is 5.51. The zero-order valence-electron chi connectivity index (χ0n) is 12.6. The third-order valence-electron chi connectivity index (χ3n) is 4.18. The Morgan fingerprint density at radius 3 is 2.33 bits per heavy atom. The summed E-state index contributed by atoms with van der Waals surface area (Å²) >= 11 is 0. The number of aromatic nitrogens is 2. The predicted octanol–water partition coefficient (Wildman–Crippen LogP) is 1.83. The first kappa shape index (κ1) is 13.9. The second kappa shape index (κ2) is 5.39. The summed E-state index contributed by atoms with van der Waals surface area (Å²) in [6.07, 6.45) is 2.18. The summed E-state index contributed by atoms with van der Waals surface area (Å²) in [5, 5.41) is 0. The molecule has 0 radical (unpaired) electrons. The lowest BCUT2D eigenvalue weighted by Crippen LogP contribution is -2.38. The minimum absolute atomic E-state index is 0.0427. The van der Waals surface area contributed by atoms with Gasteiger partial charge in [0.05, 0.1) is 11.0 Å². The average Bonchev–Trinajstić information content (AvgIpc) is 3.27. The zero-order chi connectivity index (χ0) is 15.0. The number of hydrogen-bond acceptors (Lipinski definition) is 2. The van der Waals surface area contributed by atoms with E-state index in [4.69, 9.17) is 0 Å². The molecule has 1 amide bonds. The molecule has 0 N–H and O–H groups in total. The normalized spacial score (nSPS) is 14.6. The first-order valence-electron chi connectivity index (χ1n) is 7.64. The summed E-state index contributed by atoms with van der Waals surface area (Å²) in [5.74, 6) is 0.0427. The van der Waals surface area contributed by atoms with Crippen molar-refractivity contribution in [1.82, 2.24) is 14.0 Å². The fraction of sp³-hybridized carbons (Fsp3) is 0.500. The van der Waals surface area contributed by atoms with Crippen LogP contribution < -0.4 is 5.69 Å². The molecule has 112 valence electrons. The molecule has 1 aliphatic carbocycles. The van der Waals surface area contributed by atoms with Crippen LogP contribution in [-0.2, 0) is 17.9 Å². The highest BCUT2D eigenvalue weighted by Crippen LogP contribution is 2.26. The van der Waals surface area contributed by atoms with Crippen molar-refractivity contribution < 1.29 is 4.79 Å². The van der Waals surface area contributed by atoms with Crippen LogP contribution in [0.2, 0.25) is 0 Å². The van der Waals surface area contributed by atoms with Gasteiger partial charge in [-0.2, -0.15) is 0 Å². The molecule has 5 heteroatoms. The molecule has 0 saturated heterocycles. The molecular weight excluding hydrogens is 266 g/mol. The number of rotatable bonds is 5. The number of carbonyl (C=O) groups excluding carboxylic acids is 1. The molecule has 0 spiro atoms. The van der Waals surface area contributed by atoms with Crippen LogP contribution in [0.25, 0.3) is 11.0 Å². The number of likely N-dealkylation sites (N-methyl/N-ethyl adjacent to an activating group) is 1. The minimum Gasteiger partial charge on any atom is -0.338 e. The Balaban J connectivity index is 1.98. The molecule has 5 nitrogen and oxygen atoms in total. The third-order valence-corrected chi connectivity index (χ3v) is 4.18. The van der Waals surface area contributed by atoms with Gasteiger partial charge in [0.25, 0.3) is 0 Å². The molecule has 1 heterocycles. The first-order valence-corrected chi connectivity index (χ1v) is 7.64. The molecule has 0 atom stereocenters. The summed E-state index contributed by atoms with van der Waals surface area (Å²) in [7, 11) is 0. The highest BCUT2D eigenvalue weighted by atomic mass is 16.2. The van der Waals surface area contributed by atoms with Gasteiger partial charge in [-0.25, -0.2) is 4.79 Å². The third kappa shape index (κ3) is 2.37. The van der Waals surface area contributed by atoms with Gasteiger partial charge in [0, 0.05) is 19.1 Å². The Hall–Kier alpha value is -2.04. The van der Waals surface area contributed by atoms with E-state index in [-0.39, 0.29) is 18.1 Å². The topological polar surface area (TPSA) is 47.2 Å². The standard InChI is InChI=1S/C16H21N3O2/c1-3-17(12-9-10-12)15(20)11-19-14-8-6-5-7-13(14)18(4-2)16(19)21/h5-8,12H,3-4,9-11H2,1-2H3. The summed E-state index contributed by atoms with van der Waals surface area (Å²) < 4.78 is 3.32. The number of amides is 1. The van der Waals surface area contributed by atoms with E-state index in [0.717, 1.165) is 23.9 Å². The number of aryl methyl sites for hydroxylation is 1. The van der Waals surface area contributed by atoms with E-state index in [1.807, 2.05) is 43.0 Å². The van der Waals surface area contributed by atoms with Crippen molar-refractivity contribution in [2.45, 2.75) is 45.8 Å². The number of imidazole rings is 1. The van der Waals surface area contributed by atoms with Crippen LogP contribution in [-0.4, -0.2) is 32.5 Å². The Kier molecular flexibility index (Phi) is 3.57. The van der Waals surface area contributed by atoms with Crippen molar-refractivity contribution in [2.24, 2.45) is 0 Å². The van der Waals surface area contributed by atoms with Gasteiger partial charge in [-0.15, -0.1) is 0 Å². The van der Waals surface area contributed by atoms with Gasteiger partial charge in [0.15, 0.2) is 0 Å². The molecular formula is C16H21N3O2. The van der Waals surface area contributed by atoms with Crippen LogP contribution in [0.15, 0.2) is 29.1 Å². The maximum Gasteiger partial charge on any atom is 0.329 e. The molecule has 0 aliphatic heterocycles. The minimum atomic E-state index is -0.0982. The van der Waals surface area contributed by atoms with Gasteiger partial charge >= 0.3 is 5.69 Å². The highest BCUT2D eigenvalue weighted by Gasteiger charge is 2.31. The number of carbonyl (C=O) groups is 1. The smallest absolute Gasteiger partial charge is 0.329 e. The van der Waals surface area contributed by atoms with Gasteiger partial charge < -0.3 is 4.90 Å². The summed E-state index contributed by atoms with van der Waals surface area (Å²) in [6.45, 7) is 5.40. The van der Waals surface area contributed by atoms with Crippen LogP contribution in [0.1, 0.15) is 26.7 Å². The van der Waals surface area contributed by atoms with Crippen molar-refractivity contribution in [3.05, 3.63) is 34.7 Å².